The Balaban J connectivity index is 1.77. The van der Waals surface area contributed by atoms with Crippen molar-refractivity contribution in [3.05, 3.63) is 65.7 Å². The van der Waals surface area contributed by atoms with Crippen LogP contribution in [0.3, 0.4) is 0 Å². The average Bonchev–Trinajstić information content (AvgIpc) is 2.58. The minimum Gasteiger partial charge on any atom is -0.497 e. The predicted octanol–water partition coefficient (Wildman–Crippen LogP) is 2.66. The summed E-state index contributed by atoms with van der Waals surface area (Å²) >= 11 is 0. The van der Waals surface area contributed by atoms with Crippen LogP contribution in [0.2, 0.25) is 0 Å². The van der Waals surface area contributed by atoms with Crippen molar-refractivity contribution in [2.45, 2.75) is 12.7 Å². The second-order valence-corrected chi connectivity index (χ2v) is 4.74. The van der Waals surface area contributed by atoms with E-state index < -0.39 is 12.2 Å². The van der Waals surface area contributed by atoms with Crippen LogP contribution in [0.15, 0.2) is 54.6 Å². The lowest BCUT2D eigenvalue weighted by Crippen LogP contribution is -2.28. The Morgan fingerprint density at radius 1 is 1.18 bits per heavy atom. The van der Waals surface area contributed by atoms with E-state index in [0.29, 0.717) is 11.3 Å². The Hall–Kier alpha value is -2.53. The molecular formula is C17H19NO4. The van der Waals surface area contributed by atoms with E-state index in [1.807, 2.05) is 30.3 Å². The molecule has 0 saturated carbocycles. The number of rotatable bonds is 6. The number of hydrogen-bond donors (Lipinski definition) is 2. The van der Waals surface area contributed by atoms with E-state index in [0.717, 1.165) is 5.56 Å². The summed E-state index contributed by atoms with van der Waals surface area (Å²) < 4.78 is 10.2. The first-order valence-corrected chi connectivity index (χ1v) is 6.95. The average molecular weight is 301 g/mol. The highest BCUT2D eigenvalue weighted by molar-refractivity contribution is 5.67. The van der Waals surface area contributed by atoms with Gasteiger partial charge in [0.05, 0.1) is 19.8 Å². The topological polar surface area (TPSA) is 67.8 Å². The third-order valence-corrected chi connectivity index (χ3v) is 3.13. The summed E-state index contributed by atoms with van der Waals surface area (Å²) in [5.41, 5.74) is 1.58. The van der Waals surface area contributed by atoms with Crippen molar-refractivity contribution in [3.63, 3.8) is 0 Å². The quantitative estimate of drug-likeness (QED) is 0.860. The molecule has 2 N–H and O–H groups in total. The highest BCUT2D eigenvalue weighted by Gasteiger charge is 2.11. The van der Waals surface area contributed by atoms with Crippen molar-refractivity contribution >= 4 is 6.09 Å². The maximum absolute atomic E-state index is 11.6. The number of carbonyl (C=O) groups is 1. The number of nitrogens with one attached hydrogen (secondary N) is 1. The first-order chi connectivity index (χ1) is 10.7. The van der Waals surface area contributed by atoms with E-state index in [4.69, 9.17) is 9.47 Å². The van der Waals surface area contributed by atoms with E-state index in [9.17, 15) is 9.90 Å². The van der Waals surface area contributed by atoms with Gasteiger partial charge < -0.3 is 19.9 Å². The van der Waals surface area contributed by atoms with Crippen molar-refractivity contribution in [2.75, 3.05) is 13.7 Å². The van der Waals surface area contributed by atoms with Gasteiger partial charge in [0, 0.05) is 0 Å². The van der Waals surface area contributed by atoms with E-state index >= 15 is 0 Å². The largest absolute Gasteiger partial charge is 0.497 e. The van der Waals surface area contributed by atoms with Gasteiger partial charge in [-0.25, -0.2) is 4.79 Å². The van der Waals surface area contributed by atoms with Gasteiger partial charge in [0.25, 0.3) is 0 Å². The summed E-state index contributed by atoms with van der Waals surface area (Å²) in [4.78, 5) is 11.6. The van der Waals surface area contributed by atoms with Crippen LogP contribution in [0.5, 0.6) is 5.75 Å². The third-order valence-electron chi connectivity index (χ3n) is 3.13. The fourth-order valence-electron chi connectivity index (χ4n) is 1.92. The molecule has 1 atom stereocenters. The van der Waals surface area contributed by atoms with E-state index in [1.165, 1.54) is 0 Å². The lowest BCUT2D eigenvalue weighted by atomic mass is 10.1. The van der Waals surface area contributed by atoms with Crippen molar-refractivity contribution in [1.29, 1.82) is 0 Å². The fraction of sp³-hybridized carbons (Fsp3) is 0.235. The molecule has 0 spiro atoms. The van der Waals surface area contributed by atoms with E-state index in [-0.39, 0.29) is 13.2 Å². The zero-order chi connectivity index (χ0) is 15.8. The molecule has 0 aliphatic carbocycles. The number of hydrogen-bond acceptors (Lipinski definition) is 4. The lowest BCUT2D eigenvalue weighted by Gasteiger charge is -2.13. The molecule has 0 aliphatic heterocycles. The van der Waals surface area contributed by atoms with Gasteiger partial charge in [0.1, 0.15) is 12.4 Å². The van der Waals surface area contributed by atoms with Gasteiger partial charge in [-0.3, -0.25) is 0 Å². The third kappa shape index (κ3) is 4.79. The zero-order valence-corrected chi connectivity index (χ0v) is 12.4. The number of methoxy groups -OCH3 is 1. The molecule has 0 bridgehead atoms. The van der Waals surface area contributed by atoms with Crippen LogP contribution in [0.4, 0.5) is 4.79 Å². The Morgan fingerprint density at radius 3 is 2.68 bits per heavy atom. The molecule has 0 aromatic heterocycles. The van der Waals surface area contributed by atoms with Crippen LogP contribution in [0.25, 0.3) is 0 Å². The summed E-state index contributed by atoms with van der Waals surface area (Å²) in [5.74, 6) is 0.656. The van der Waals surface area contributed by atoms with Crippen LogP contribution in [-0.2, 0) is 11.3 Å². The Labute approximate surface area is 129 Å². The molecule has 1 amide bonds. The molecule has 1 unspecified atom stereocenters. The number of amides is 1. The van der Waals surface area contributed by atoms with Crippen molar-refractivity contribution in [3.8, 4) is 5.75 Å². The highest BCUT2D eigenvalue weighted by Crippen LogP contribution is 2.18. The normalized spacial score (nSPS) is 11.5. The Kier molecular flexibility index (Phi) is 5.80. The van der Waals surface area contributed by atoms with Gasteiger partial charge in [0.2, 0.25) is 0 Å². The molecule has 0 saturated heterocycles. The molecule has 0 fully saturated rings. The van der Waals surface area contributed by atoms with E-state index in [1.54, 1.807) is 31.4 Å². The summed E-state index contributed by atoms with van der Waals surface area (Å²) in [5, 5.41) is 12.6. The molecular weight excluding hydrogens is 282 g/mol. The van der Waals surface area contributed by atoms with Crippen LogP contribution in [-0.4, -0.2) is 24.9 Å². The molecule has 22 heavy (non-hydrogen) atoms. The molecule has 2 aromatic rings. The predicted molar refractivity (Wildman–Crippen MR) is 82.6 cm³/mol. The Bertz CT molecular complexity index is 601. The standard InChI is InChI=1S/C17H19NO4/c1-21-15-9-5-8-14(10-15)16(19)11-18-17(20)22-12-13-6-3-2-4-7-13/h2-10,16,19H,11-12H2,1H3,(H,18,20). The summed E-state index contributed by atoms with van der Waals surface area (Å²) in [6, 6.07) is 16.5. The first-order valence-electron chi connectivity index (χ1n) is 6.95. The number of aliphatic hydroxyl groups excluding tert-OH is 1. The molecule has 0 aliphatic rings. The van der Waals surface area contributed by atoms with Crippen molar-refractivity contribution in [1.82, 2.24) is 5.32 Å². The summed E-state index contributed by atoms with van der Waals surface area (Å²) in [7, 11) is 1.56. The maximum Gasteiger partial charge on any atom is 0.407 e. The van der Waals surface area contributed by atoms with Gasteiger partial charge in [0.15, 0.2) is 0 Å². The maximum atomic E-state index is 11.6. The number of ether oxygens (including phenoxy) is 2. The molecule has 5 heteroatoms. The minimum absolute atomic E-state index is 0.0702. The number of alkyl carbamates (subject to hydrolysis) is 1. The van der Waals surface area contributed by atoms with Gasteiger partial charge in [-0.15, -0.1) is 0 Å². The van der Waals surface area contributed by atoms with Crippen molar-refractivity contribution < 1.29 is 19.4 Å². The Morgan fingerprint density at radius 2 is 1.95 bits per heavy atom. The number of aliphatic hydroxyl groups is 1. The molecule has 0 heterocycles. The minimum atomic E-state index is -0.820. The van der Waals surface area contributed by atoms with Gasteiger partial charge in [-0.2, -0.15) is 0 Å². The van der Waals surface area contributed by atoms with Crippen molar-refractivity contribution in [2.24, 2.45) is 0 Å². The number of benzene rings is 2. The smallest absolute Gasteiger partial charge is 0.407 e. The molecule has 116 valence electrons. The second-order valence-electron chi connectivity index (χ2n) is 4.74. The van der Waals surface area contributed by atoms with Crippen LogP contribution >= 0.6 is 0 Å². The molecule has 0 radical (unpaired) electrons. The van der Waals surface area contributed by atoms with Gasteiger partial charge in [-0.1, -0.05) is 42.5 Å². The lowest BCUT2D eigenvalue weighted by molar-refractivity contribution is 0.126. The second kappa shape index (κ2) is 8.05. The van der Waals surface area contributed by atoms with Crippen LogP contribution in [0.1, 0.15) is 17.2 Å². The van der Waals surface area contributed by atoms with E-state index in [2.05, 4.69) is 5.32 Å². The molecule has 2 rings (SSSR count). The SMILES string of the molecule is COc1cccc(C(O)CNC(=O)OCc2ccccc2)c1. The van der Waals surface area contributed by atoms with Crippen LogP contribution in [0, 0.1) is 0 Å². The summed E-state index contributed by atoms with van der Waals surface area (Å²) in [6.45, 7) is 0.267. The zero-order valence-electron chi connectivity index (χ0n) is 12.4. The first kappa shape index (κ1) is 15.9. The van der Waals surface area contributed by atoms with Gasteiger partial charge in [-0.05, 0) is 23.3 Å². The fourth-order valence-corrected chi connectivity index (χ4v) is 1.92. The molecule has 2 aromatic carbocycles. The molecule has 5 nitrogen and oxygen atoms in total. The summed E-state index contributed by atoms with van der Waals surface area (Å²) in [6.07, 6.45) is -1.38. The van der Waals surface area contributed by atoms with Gasteiger partial charge >= 0.3 is 6.09 Å². The highest BCUT2D eigenvalue weighted by atomic mass is 16.5. The van der Waals surface area contributed by atoms with Crippen LogP contribution < -0.4 is 10.1 Å². The number of carbonyl (C=O) groups excluding carboxylic acids is 1. The monoisotopic (exact) mass is 301 g/mol.